The van der Waals surface area contributed by atoms with Crippen LogP contribution < -0.4 is 21.1 Å². The lowest BCUT2D eigenvalue weighted by Gasteiger charge is -2.36. The van der Waals surface area contributed by atoms with Crippen LogP contribution in [0.25, 0.3) is 0 Å². The fraction of sp³-hybridized carbons (Fsp3) is 0.559. The van der Waals surface area contributed by atoms with Gasteiger partial charge < -0.3 is 26.2 Å². The molecular formula is C34H48N6O6S. The van der Waals surface area contributed by atoms with Crippen molar-refractivity contribution in [3.05, 3.63) is 47.0 Å². The summed E-state index contributed by atoms with van der Waals surface area (Å²) in [4.78, 5) is 83.5. The van der Waals surface area contributed by atoms with E-state index in [1.807, 2.05) is 78.8 Å². The normalized spacial score (nSPS) is 20.6. The molecule has 2 fully saturated rings. The molecule has 3 aliphatic rings. The molecular weight excluding hydrogens is 620 g/mol. The van der Waals surface area contributed by atoms with Crippen LogP contribution in [0.1, 0.15) is 78.9 Å². The topological polar surface area (TPSA) is 171 Å². The van der Waals surface area contributed by atoms with Crippen molar-refractivity contribution < 1.29 is 28.8 Å². The van der Waals surface area contributed by atoms with Gasteiger partial charge in [-0.2, -0.15) is 0 Å². The van der Waals surface area contributed by atoms with E-state index in [-0.39, 0.29) is 24.3 Å². The summed E-state index contributed by atoms with van der Waals surface area (Å²) in [5, 5.41) is 4.78. The minimum atomic E-state index is -1.46. The van der Waals surface area contributed by atoms with E-state index in [0.29, 0.717) is 32.4 Å². The van der Waals surface area contributed by atoms with Crippen molar-refractivity contribution in [3.63, 3.8) is 0 Å². The minimum absolute atomic E-state index is 0.208. The molecule has 4 rings (SSSR count). The lowest BCUT2D eigenvalue weighted by Crippen LogP contribution is -2.61. The summed E-state index contributed by atoms with van der Waals surface area (Å²) >= 11 is 0. The van der Waals surface area contributed by atoms with Crippen LogP contribution in [-0.2, 0) is 37.1 Å². The number of benzene rings is 1. The van der Waals surface area contributed by atoms with Crippen LogP contribution in [0.4, 0.5) is 4.79 Å². The number of allylic oxidation sites excluding steroid dienone is 1. The van der Waals surface area contributed by atoms with Gasteiger partial charge in [0.1, 0.15) is 18.1 Å². The van der Waals surface area contributed by atoms with Crippen LogP contribution in [0.2, 0.25) is 0 Å². The Labute approximate surface area is 279 Å². The molecule has 47 heavy (non-hydrogen) atoms. The lowest BCUT2D eigenvalue weighted by atomic mass is 9.85. The smallest absolute Gasteiger partial charge is 0.316 e. The molecule has 256 valence electrons. The van der Waals surface area contributed by atoms with Gasteiger partial charge in [0.25, 0.3) is 16.9 Å². The Balaban J connectivity index is 1.53. The molecule has 1 saturated carbocycles. The van der Waals surface area contributed by atoms with Crippen LogP contribution in [-0.4, -0.2) is 74.1 Å². The molecule has 5 N–H and O–H groups in total. The van der Waals surface area contributed by atoms with Gasteiger partial charge in [0.05, 0.1) is 0 Å². The highest BCUT2D eigenvalue weighted by molar-refractivity contribution is 8.29. The number of rotatable bonds is 7. The summed E-state index contributed by atoms with van der Waals surface area (Å²) in [5.41, 5.74) is 7.61. The Bertz CT molecular complexity index is 1490. The SMILES string of the molecule is CC(C)=C[C@H]1CCN(C(=O)C(NC(=O)N[C@H](C(=O)N2Cc3ccccc3C2)C(C)C)C(C)(C)C)[C@@H]1C(=O)NS(C(=O)C(N)=O)=C1CC1. The lowest BCUT2D eigenvalue weighted by molar-refractivity contribution is -0.141. The number of likely N-dealkylation sites (tertiary alicyclic amines) is 1. The summed E-state index contributed by atoms with van der Waals surface area (Å²) in [6.45, 7) is 14.1. The zero-order valence-corrected chi connectivity index (χ0v) is 29.2. The van der Waals surface area contributed by atoms with E-state index in [9.17, 15) is 28.8 Å². The van der Waals surface area contributed by atoms with Crippen LogP contribution >= 0.6 is 10.7 Å². The van der Waals surface area contributed by atoms with Gasteiger partial charge in [-0.25, -0.2) is 4.79 Å². The van der Waals surface area contributed by atoms with Gasteiger partial charge in [0, 0.05) is 25.6 Å². The summed E-state index contributed by atoms with van der Waals surface area (Å²) in [6.07, 6.45) is 3.65. The van der Waals surface area contributed by atoms with Gasteiger partial charge in [-0.3, -0.25) is 28.7 Å². The third-order valence-corrected chi connectivity index (χ3v) is 10.6. The van der Waals surface area contributed by atoms with Gasteiger partial charge in [-0.1, -0.05) is 70.5 Å². The van der Waals surface area contributed by atoms with E-state index >= 15 is 0 Å². The molecule has 5 atom stereocenters. The summed E-state index contributed by atoms with van der Waals surface area (Å²) < 4.78 is 2.73. The maximum atomic E-state index is 14.3. The number of carbonyl (C=O) groups is 6. The van der Waals surface area contributed by atoms with Gasteiger partial charge >= 0.3 is 6.03 Å². The van der Waals surface area contributed by atoms with Crippen LogP contribution in [0.3, 0.4) is 0 Å². The third kappa shape index (κ3) is 8.48. The number of amides is 6. The zero-order valence-electron chi connectivity index (χ0n) is 28.3. The second kappa shape index (κ2) is 14.4. The average Bonchev–Trinajstić information content (AvgIpc) is 3.60. The Morgan fingerprint density at radius 1 is 0.957 bits per heavy atom. The first-order valence-electron chi connectivity index (χ1n) is 16.1. The summed E-state index contributed by atoms with van der Waals surface area (Å²) in [7, 11) is -1.46. The predicted octanol–water partition coefficient (Wildman–Crippen LogP) is 2.73. The van der Waals surface area contributed by atoms with Crippen molar-refractivity contribution in [2.24, 2.45) is 23.0 Å². The van der Waals surface area contributed by atoms with Gasteiger partial charge in [0.15, 0.2) is 0 Å². The number of nitrogens with zero attached hydrogens (tertiary/aromatic N) is 2. The Hall–Kier alpha value is -4.00. The molecule has 0 bridgehead atoms. The number of fused-ring (bicyclic) bond motifs is 1. The zero-order chi connectivity index (χ0) is 34.8. The maximum Gasteiger partial charge on any atom is 0.316 e. The van der Waals surface area contributed by atoms with Crippen LogP contribution in [0.5, 0.6) is 0 Å². The molecule has 2 heterocycles. The first-order chi connectivity index (χ1) is 22.0. The number of nitrogens with one attached hydrogen (secondary N) is 3. The molecule has 6 amide bonds. The quantitative estimate of drug-likeness (QED) is 0.198. The second-order valence-corrected chi connectivity index (χ2v) is 16.0. The number of hydrogen-bond acceptors (Lipinski definition) is 6. The number of hydrogen-bond donors (Lipinski definition) is 4. The third-order valence-electron chi connectivity index (χ3n) is 8.64. The predicted molar refractivity (Wildman–Crippen MR) is 181 cm³/mol. The van der Waals surface area contributed by atoms with Gasteiger partial charge in [-0.15, -0.1) is 0 Å². The fourth-order valence-corrected chi connectivity index (χ4v) is 7.63. The molecule has 0 aromatic heterocycles. The first kappa shape index (κ1) is 35.8. The summed E-state index contributed by atoms with van der Waals surface area (Å²) in [5.74, 6) is -2.91. The van der Waals surface area contributed by atoms with Gasteiger partial charge in [0.2, 0.25) is 11.8 Å². The molecule has 2 aliphatic heterocycles. The van der Waals surface area contributed by atoms with E-state index in [2.05, 4.69) is 15.4 Å². The van der Waals surface area contributed by atoms with Crippen molar-refractivity contribution in [1.82, 2.24) is 25.2 Å². The van der Waals surface area contributed by atoms with E-state index in [1.165, 1.54) is 4.90 Å². The average molecular weight is 669 g/mol. The maximum absolute atomic E-state index is 14.3. The Morgan fingerprint density at radius 3 is 2.04 bits per heavy atom. The van der Waals surface area contributed by atoms with Crippen molar-refractivity contribution in [2.75, 3.05) is 6.54 Å². The van der Waals surface area contributed by atoms with Crippen molar-refractivity contribution in [3.8, 4) is 0 Å². The van der Waals surface area contributed by atoms with Crippen LogP contribution in [0, 0.1) is 17.3 Å². The molecule has 1 aromatic carbocycles. The van der Waals surface area contributed by atoms with Gasteiger partial charge in [-0.05, 0) is 71.1 Å². The first-order valence-corrected chi connectivity index (χ1v) is 17.3. The number of nitrogens with two attached hydrogens (primary N) is 1. The van der Waals surface area contributed by atoms with Crippen molar-refractivity contribution in [2.45, 2.75) is 98.9 Å². The number of urea groups is 1. The molecule has 13 heteroatoms. The summed E-state index contributed by atoms with van der Waals surface area (Å²) in [6, 6.07) is 4.33. The minimum Gasteiger partial charge on any atom is -0.362 e. The molecule has 1 aliphatic carbocycles. The second-order valence-electron chi connectivity index (χ2n) is 14.2. The van der Waals surface area contributed by atoms with Crippen molar-refractivity contribution in [1.29, 1.82) is 0 Å². The molecule has 0 radical (unpaired) electrons. The molecule has 1 aromatic rings. The monoisotopic (exact) mass is 668 g/mol. The van der Waals surface area contributed by atoms with Crippen molar-refractivity contribution >= 4 is 50.3 Å². The highest BCUT2D eigenvalue weighted by Crippen LogP contribution is 2.33. The van der Waals surface area contributed by atoms with Crippen LogP contribution in [0.15, 0.2) is 35.9 Å². The molecule has 0 spiro atoms. The van der Waals surface area contributed by atoms with E-state index < -0.39 is 63.1 Å². The Kier molecular flexibility index (Phi) is 11.0. The van der Waals surface area contributed by atoms with E-state index in [1.54, 1.807) is 4.90 Å². The molecule has 12 nitrogen and oxygen atoms in total. The van der Waals surface area contributed by atoms with E-state index in [4.69, 9.17) is 5.73 Å². The van der Waals surface area contributed by atoms with E-state index in [0.717, 1.165) is 21.6 Å². The molecule has 1 saturated heterocycles. The molecule has 2 unspecified atom stereocenters. The largest absolute Gasteiger partial charge is 0.362 e. The number of primary amides is 1. The number of carbonyl (C=O) groups excluding carboxylic acids is 6. The Morgan fingerprint density at radius 2 is 1.55 bits per heavy atom. The fourth-order valence-electron chi connectivity index (χ4n) is 6.10. The standard InChI is InChI=1S/C34H48N6O6S/c1-19(2)16-21-14-15-40(26(21)29(42)38-47(24-12-13-24)32(45)28(35)41)31(44)27(34(5,6)7)37-33(46)36-25(20(3)4)30(43)39-17-22-10-8-9-11-23(22)18-39/h8-11,16,20-21,25-27H,12-15,17-18H2,1-7H3,(H2,35,41)(H,38,42)(H2,36,37,46)/t21-,25+,26+,27?,47?/m1/s1. The highest BCUT2D eigenvalue weighted by atomic mass is 32.2. The highest BCUT2D eigenvalue weighted by Gasteiger charge is 2.46.